The first kappa shape index (κ1) is 32.3. The topological polar surface area (TPSA) is 96.0 Å². The highest BCUT2D eigenvalue weighted by Crippen LogP contribution is 2.26. The summed E-state index contributed by atoms with van der Waals surface area (Å²) in [7, 11) is -3.88. The van der Waals surface area contributed by atoms with Crippen LogP contribution in [0, 0.1) is 6.92 Å². The van der Waals surface area contributed by atoms with Crippen LogP contribution in [0.15, 0.2) is 109 Å². The van der Waals surface area contributed by atoms with Gasteiger partial charge in [0.05, 0.1) is 11.9 Å². The van der Waals surface area contributed by atoms with E-state index in [4.69, 9.17) is 4.74 Å². The largest absolute Gasteiger partial charge is 0.457 e. The van der Waals surface area contributed by atoms with Crippen LogP contribution >= 0.6 is 0 Å². The predicted octanol–water partition coefficient (Wildman–Crippen LogP) is 5.72. The van der Waals surface area contributed by atoms with Crippen molar-refractivity contribution in [2.45, 2.75) is 45.8 Å². The first-order valence-electron chi connectivity index (χ1n) is 14.5. The summed E-state index contributed by atoms with van der Waals surface area (Å²) in [6.45, 7) is 5.32. The molecule has 4 rings (SSSR count). The number of amides is 2. The molecule has 0 aliphatic carbocycles. The number of aryl methyl sites for hydroxylation is 1. The smallest absolute Gasteiger partial charge is 0.244 e. The van der Waals surface area contributed by atoms with Gasteiger partial charge in [0, 0.05) is 19.0 Å². The number of ether oxygens (including phenoxy) is 1. The number of hydrogen-bond acceptors (Lipinski definition) is 5. The molecule has 0 aromatic heterocycles. The van der Waals surface area contributed by atoms with Crippen molar-refractivity contribution in [1.82, 2.24) is 10.2 Å². The fourth-order valence-electron chi connectivity index (χ4n) is 4.82. The number of rotatable bonds is 13. The second-order valence-corrected chi connectivity index (χ2v) is 12.9. The lowest BCUT2D eigenvalue weighted by atomic mass is 10.0. The van der Waals surface area contributed by atoms with Gasteiger partial charge in [-0.1, -0.05) is 72.8 Å². The lowest BCUT2D eigenvalue weighted by Gasteiger charge is -2.34. The average Bonchev–Trinajstić information content (AvgIpc) is 2.99. The van der Waals surface area contributed by atoms with Crippen molar-refractivity contribution in [2.24, 2.45) is 0 Å². The highest BCUT2D eigenvalue weighted by molar-refractivity contribution is 7.92. The van der Waals surface area contributed by atoms with Gasteiger partial charge in [-0.2, -0.15) is 0 Å². The summed E-state index contributed by atoms with van der Waals surface area (Å²) in [5.74, 6) is 0.364. The van der Waals surface area contributed by atoms with E-state index in [1.54, 1.807) is 24.3 Å². The summed E-state index contributed by atoms with van der Waals surface area (Å²) in [4.78, 5) is 29.4. The molecule has 230 valence electrons. The van der Waals surface area contributed by atoms with Crippen molar-refractivity contribution >= 4 is 27.5 Å². The number of anilines is 1. The maximum atomic E-state index is 14.2. The second-order valence-electron chi connectivity index (χ2n) is 11.0. The summed E-state index contributed by atoms with van der Waals surface area (Å²) in [5.41, 5.74) is 3.02. The van der Waals surface area contributed by atoms with E-state index in [2.05, 4.69) is 5.32 Å². The van der Waals surface area contributed by atoms with Crippen LogP contribution in [-0.2, 0) is 32.6 Å². The molecule has 0 heterocycles. The minimum absolute atomic E-state index is 0.135. The zero-order valence-corrected chi connectivity index (χ0v) is 26.3. The molecular weight excluding hydrogens is 574 g/mol. The van der Waals surface area contributed by atoms with Crippen LogP contribution in [0.4, 0.5) is 5.69 Å². The maximum absolute atomic E-state index is 14.2. The number of para-hydroxylation sites is 1. The van der Waals surface area contributed by atoms with Crippen LogP contribution in [0.2, 0.25) is 0 Å². The van der Waals surface area contributed by atoms with Gasteiger partial charge in [0.15, 0.2) is 0 Å². The van der Waals surface area contributed by atoms with E-state index in [-0.39, 0.29) is 24.9 Å². The molecule has 0 spiro atoms. The minimum atomic E-state index is -3.88. The molecule has 0 aliphatic heterocycles. The molecule has 44 heavy (non-hydrogen) atoms. The SMILES string of the molecule is Cc1ccccc1CN(C(=O)CN(c1ccc(Oc2ccccc2)cc1)S(C)(=O)=O)C(Cc1ccccc1)C(=O)NC(C)C. The Hall–Kier alpha value is -4.63. The average molecular weight is 614 g/mol. The highest BCUT2D eigenvalue weighted by Gasteiger charge is 2.33. The Labute approximate surface area is 260 Å². The Balaban J connectivity index is 1.68. The maximum Gasteiger partial charge on any atom is 0.244 e. The van der Waals surface area contributed by atoms with Gasteiger partial charge in [0.1, 0.15) is 24.1 Å². The third-order valence-electron chi connectivity index (χ3n) is 7.09. The minimum Gasteiger partial charge on any atom is -0.457 e. The molecule has 9 heteroatoms. The molecule has 4 aromatic carbocycles. The number of hydrogen-bond donors (Lipinski definition) is 1. The summed E-state index contributed by atoms with van der Waals surface area (Å²) in [6, 6.07) is 31.9. The fraction of sp³-hybridized carbons (Fsp3) is 0.257. The van der Waals surface area contributed by atoms with Gasteiger partial charge in [-0.05, 0) is 73.9 Å². The van der Waals surface area contributed by atoms with Crippen molar-refractivity contribution in [1.29, 1.82) is 0 Å². The fourth-order valence-corrected chi connectivity index (χ4v) is 5.67. The summed E-state index contributed by atoms with van der Waals surface area (Å²) in [5, 5.41) is 2.96. The third kappa shape index (κ3) is 8.94. The molecule has 0 bridgehead atoms. The van der Waals surface area contributed by atoms with Gasteiger partial charge < -0.3 is 15.0 Å². The van der Waals surface area contributed by atoms with Crippen molar-refractivity contribution in [3.8, 4) is 11.5 Å². The van der Waals surface area contributed by atoms with Crippen molar-refractivity contribution < 1.29 is 22.7 Å². The van der Waals surface area contributed by atoms with Crippen molar-refractivity contribution in [2.75, 3.05) is 17.1 Å². The molecule has 0 saturated heterocycles. The molecule has 8 nitrogen and oxygen atoms in total. The number of nitrogens with zero attached hydrogens (tertiary/aromatic N) is 2. The molecule has 0 aliphatic rings. The lowest BCUT2D eigenvalue weighted by molar-refractivity contribution is -0.140. The number of benzene rings is 4. The molecule has 0 radical (unpaired) electrons. The third-order valence-corrected chi connectivity index (χ3v) is 8.23. The lowest BCUT2D eigenvalue weighted by Crippen LogP contribution is -2.54. The standard InChI is InChI=1S/C35H39N3O5S/c1-26(2)36-35(40)33(23-28-14-7-5-8-15-28)37(24-29-16-12-11-13-27(29)3)34(39)25-38(44(4,41)42)30-19-21-32(22-20-30)43-31-17-9-6-10-18-31/h5-22,26,33H,23-25H2,1-4H3,(H,36,40). The number of sulfonamides is 1. The van der Waals surface area contributed by atoms with Crippen LogP contribution in [0.1, 0.15) is 30.5 Å². The molecule has 0 fully saturated rings. The van der Waals surface area contributed by atoms with Crippen LogP contribution in [0.3, 0.4) is 0 Å². The van der Waals surface area contributed by atoms with Crippen LogP contribution < -0.4 is 14.4 Å². The highest BCUT2D eigenvalue weighted by atomic mass is 32.2. The van der Waals surface area contributed by atoms with Crippen LogP contribution in [0.5, 0.6) is 11.5 Å². The zero-order valence-electron chi connectivity index (χ0n) is 25.5. The van der Waals surface area contributed by atoms with Gasteiger partial charge >= 0.3 is 0 Å². The Morgan fingerprint density at radius 1 is 0.795 bits per heavy atom. The quantitative estimate of drug-likeness (QED) is 0.208. The van der Waals surface area contributed by atoms with Gasteiger partial charge in [-0.15, -0.1) is 0 Å². The molecule has 1 N–H and O–H groups in total. The molecule has 2 amide bonds. The monoisotopic (exact) mass is 613 g/mol. The number of carbonyl (C=O) groups excluding carboxylic acids is 2. The van der Waals surface area contributed by atoms with Crippen LogP contribution in [0.25, 0.3) is 0 Å². The normalized spacial score (nSPS) is 11.9. The molecule has 1 unspecified atom stereocenters. The van der Waals surface area contributed by atoms with Gasteiger partial charge in [-0.3, -0.25) is 13.9 Å². The van der Waals surface area contributed by atoms with Gasteiger partial charge in [0.2, 0.25) is 21.8 Å². The molecular formula is C35H39N3O5S. The van der Waals surface area contributed by atoms with E-state index in [1.807, 2.05) is 106 Å². The first-order valence-corrected chi connectivity index (χ1v) is 16.3. The number of nitrogens with one attached hydrogen (secondary N) is 1. The zero-order chi connectivity index (χ0) is 31.7. The van der Waals surface area contributed by atoms with Gasteiger partial charge in [-0.25, -0.2) is 8.42 Å². The molecule has 1 atom stereocenters. The Morgan fingerprint density at radius 3 is 1.95 bits per heavy atom. The van der Waals surface area contributed by atoms with E-state index in [1.165, 1.54) is 4.90 Å². The predicted molar refractivity (Wildman–Crippen MR) is 174 cm³/mol. The van der Waals surface area contributed by atoms with E-state index in [9.17, 15) is 18.0 Å². The summed E-state index contributed by atoms with van der Waals surface area (Å²) in [6.07, 6.45) is 1.33. The summed E-state index contributed by atoms with van der Waals surface area (Å²) < 4.78 is 33.0. The molecule has 0 saturated carbocycles. The second kappa shape index (κ2) is 14.7. The van der Waals surface area contributed by atoms with E-state index in [0.717, 1.165) is 27.3 Å². The Kier molecular flexibility index (Phi) is 10.8. The van der Waals surface area contributed by atoms with Gasteiger partial charge in [0.25, 0.3) is 0 Å². The Morgan fingerprint density at radius 2 is 1.36 bits per heavy atom. The Bertz CT molecular complexity index is 1640. The first-order chi connectivity index (χ1) is 21.0. The van der Waals surface area contributed by atoms with Crippen LogP contribution in [-0.4, -0.2) is 50.0 Å². The van der Waals surface area contributed by atoms with E-state index >= 15 is 0 Å². The van der Waals surface area contributed by atoms with Crippen molar-refractivity contribution in [3.05, 3.63) is 126 Å². The molecule has 4 aromatic rings. The number of carbonyl (C=O) groups is 2. The van der Waals surface area contributed by atoms with E-state index < -0.39 is 28.5 Å². The summed E-state index contributed by atoms with van der Waals surface area (Å²) >= 11 is 0. The van der Waals surface area contributed by atoms with E-state index in [0.29, 0.717) is 17.2 Å². The van der Waals surface area contributed by atoms with Crippen molar-refractivity contribution in [3.63, 3.8) is 0 Å².